The van der Waals surface area contributed by atoms with Crippen molar-refractivity contribution in [3.8, 4) is 0 Å². The Balaban J connectivity index is 2.00. The fourth-order valence-electron chi connectivity index (χ4n) is 2.90. The van der Waals surface area contributed by atoms with Crippen LogP contribution in [0.4, 0.5) is 18.9 Å². The summed E-state index contributed by atoms with van der Waals surface area (Å²) in [5.74, 6) is -0.937. The van der Waals surface area contributed by atoms with Crippen LogP contribution in [-0.4, -0.2) is 25.5 Å². The number of nitrogens with zero attached hydrogens (tertiary/aromatic N) is 4. The monoisotopic (exact) mass is 421 g/mol. The van der Waals surface area contributed by atoms with Gasteiger partial charge in [0.1, 0.15) is 6.54 Å². The lowest BCUT2D eigenvalue weighted by molar-refractivity contribution is -0.137. The van der Waals surface area contributed by atoms with Crippen molar-refractivity contribution in [2.45, 2.75) is 32.5 Å². The molecule has 0 aliphatic heterocycles. The van der Waals surface area contributed by atoms with Crippen LogP contribution in [0.5, 0.6) is 0 Å². The number of fused-ring (bicyclic) bond motifs is 1. The molecule has 1 amide bonds. The maximum Gasteiger partial charge on any atom is 0.416 e. The molecule has 30 heavy (non-hydrogen) atoms. The number of hydrogen-bond acceptors (Lipinski definition) is 5. The summed E-state index contributed by atoms with van der Waals surface area (Å²) in [6.07, 6.45) is -3.29. The summed E-state index contributed by atoms with van der Waals surface area (Å²) in [4.78, 5) is 36.7. The molecular formula is C19H18F3N5O3. The maximum atomic E-state index is 13.1. The fraction of sp³-hybridized carbons (Fsp3) is 0.316. The van der Waals surface area contributed by atoms with Crippen molar-refractivity contribution in [3.63, 3.8) is 0 Å². The second-order valence-corrected chi connectivity index (χ2v) is 7.02. The molecule has 0 spiro atoms. The second kappa shape index (κ2) is 7.73. The molecule has 0 atom stereocenters. The zero-order chi connectivity index (χ0) is 22.2. The highest BCUT2D eigenvalue weighted by Gasteiger charge is 2.31. The first-order valence-corrected chi connectivity index (χ1v) is 8.92. The van der Waals surface area contributed by atoms with Gasteiger partial charge in [-0.1, -0.05) is 13.8 Å². The number of halogens is 3. The van der Waals surface area contributed by atoms with E-state index >= 15 is 0 Å². The number of carbonyl (C=O) groups is 1. The molecule has 0 bridgehead atoms. The van der Waals surface area contributed by atoms with E-state index in [0.717, 1.165) is 27.6 Å². The zero-order valence-corrected chi connectivity index (χ0v) is 16.3. The molecule has 2 heterocycles. The smallest absolute Gasteiger partial charge is 0.323 e. The van der Waals surface area contributed by atoms with Gasteiger partial charge in [0, 0.05) is 18.5 Å². The molecule has 1 N–H and O–H groups in total. The van der Waals surface area contributed by atoms with Crippen LogP contribution in [0.3, 0.4) is 0 Å². The molecule has 0 aliphatic rings. The predicted molar refractivity (Wildman–Crippen MR) is 103 cm³/mol. The van der Waals surface area contributed by atoms with Crippen LogP contribution in [0.1, 0.15) is 31.0 Å². The summed E-state index contributed by atoms with van der Waals surface area (Å²) in [7, 11) is 1.45. The summed E-state index contributed by atoms with van der Waals surface area (Å²) in [5.41, 5.74) is -1.60. The van der Waals surface area contributed by atoms with Gasteiger partial charge in [0.15, 0.2) is 0 Å². The molecule has 3 aromatic rings. The van der Waals surface area contributed by atoms with Gasteiger partial charge in [-0.25, -0.2) is 9.36 Å². The fourth-order valence-corrected chi connectivity index (χ4v) is 2.90. The molecule has 11 heteroatoms. The minimum absolute atomic E-state index is 0.0322. The minimum atomic E-state index is -4.56. The van der Waals surface area contributed by atoms with Crippen molar-refractivity contribution in [1.29, 1.82) is 0 Å². The van der Waals surface area contributed by atoms with Crippen LogP contribution < -0.4 is 16.4 Å². The SMILES string of the molecule is CC(C)c1nn(CC(=O)Nc2cnn(C)c(=O)c2)c(=O)c2ccc(C(F)(F)F)cc12. The summed E-state index contributed by atoms with van der Waals surface area (Å²) < 4.78 is 41.2. The number of rotatable bonds is 4. The molecular weight excluding hydrogens is 403 g/mol. The molecule has 0 saturated carbocycles. The van der Waals surface area contributed by atoms with Crippen molar-refractivity contribution < 1.29 is 18.0 Å². The topological polar surface area (TPSA) is 98.9 Å². The molecule has 0 unspecified atom stereocenters. The number of alkyl halides is 3. The van der Waals surface area contributed by atoms with Gasteiger partial charge in [0.2, 0.25) is 5.91 Å². The van der Waals surface area contributed by atoms with Crippen molar-refractivity contribution in [1.82, 2.24) is 19.6 Å². The van der Waals surface area contributed by atoms with Crippen molar-refractivity contribution in [2.24, 2.45) is 7.05 Å². The Morgan fingerprint density at radius 2 is 1.87 bits per heavy atom. The maximum absolute atomic E-state index is 13.1. The second-order valence-electron chi connectivity index (χ2n) is 7.02. The molecule has 2 aromatic heterocycles. The molecule has 0 radical (unpaired) electrons. The average molecular weight is 421 g/mol. The van der Waals surface area contributed by atoms with Gasteiger partial charge in [-0.05, 0) is 24.1 Å². The Labute approximate surface area is 167 Å². The molecule has 3 rings (SSSR count). The lowest BCUT2D eigenvalue weighted by atomic mass is 10.0. The van der Waals surface area contributed by atoms with Crippen LogP contribution >= 0.6 is 0 Å². The van der Waals surface area contributed by atoms with Gasteiger partial charge in [0.25, 0.3) is 11.1 Å². The van der Waals surface area contributed by atoms with Crippen molar-refractivity contribution >= 4 is 22.4 Å². The number of aryl methyl sites for hydroxylation is 1. The summed E-state index contributed by atoms with van der Waals surface area (Å²) in [6.45, 7) is 2.97. The zero-order valence-electron chi connectivity index (χ0n) is 16.3. The number of carbonyl (C=O) groups excluding carboxylic acids is 1. The van der Waals surface area contributed by atoms with Gasteiger partial charge < -0.3 is 5.32 Å². The quantitative estimate of drug-likeness (QED) is 0.697. The third kappa shape index (κ3) is 4.24. The Bertz CT molecular complexity index is 1240. The first-order chi connectivity index (χ1) is 14.0. The van der Waals surface area contributed by atoms with E-state index < -0.39 is 35.3 Å². The third-order valence-corrected chi connectivity index (χ3v) is 4.41. The van der Waals surface area contributed by atoms with Crippen LogP contribution in [0, 0.1) is 0 Å². The van der Waals surface area contributed by atoms with Crippen molar-refractivity contribution in [2.75, 3.05) is 5.32 Å². The van der Waals surface area contributed by atoms with Gasteiger partial charge in [-0.15, -0.1) is 0 Å². The van der Waals surface area contributed by atoms with Gasteiger partial charge in [0.05, 0.1) is 28.5 Å². The minimum Gasteiger partial charge on any atom is -0.323 e. The number of anilines is 1. The Morgan fingerprint density at radius 1 is 1.17 bits per heavy atom. The van der Waals surface area contributed by atoms with Crippen molar-refractivity contribution in [3.05, 3.63) is 62.4 Å². The summed E-state index contributed by atoms with van der Waals surface area (Å²) in [6, 6.07) is 3.98. The van der Waals surface area contributed by atoms with E-state index in [1.165, 1.54) is 19.3 Å². The Morgan fingerprint density at radius 3 is 2.47 bits per heavy atom. The van der Waals surface area contributed by atoms with E-state index in [2.05, 4.69) is 15.5 Å². The molecule has 0 saturated heterocycles. The van der Waals surface area contributed by atoms with E-state index in [4.69, 9.17) is 0 Å². The van der Waals surface area contributed by atoms with E-state index in [9.17, 15) is 27.6 Å². The molecule has 158 valence electrons. The van der Waals surface area contributed by atoms with E-state index in [-0.39, 0.29) is 28.1 Å². The first-order valence-electron chi connectivity index (χ1n) is 8.92. The number of nitrogens with one attached hydrogen (secondary N) is 1. The highest BCUT2D eigenvalue weighted by molar-refractivity contribution is 5.90. The van der Waals surface area contributed by atoms with Gasteiger partial charge in [-0.3, -0.25) is 14.4 Å². The number of benzene rings is 1. The summed E-state index contributed by atoms with van der Waals surface area (Å²) >= 11 is 0. The Hall–Kier alpha value is -3.50. The largest absolute Gasteiger partial charge is 0.416 e. The molecule has 0 aliphatic carbocycles. The molecule has 1 aromatic carbocycles. The van der Waals surface area contributed by atoms with Crippen LogP contribution in [0.25, 0.3) is 10.8 Å². The number of hydrogen-bond donors (Lipinski definition) is 1. The standard InChI is InChI=1S/C19H18F3N5O3/c1-10(2)17-14-6-11(19(20,21)22)4-5-13(14)18(30)27(25-17)9-15(28)24-12-7-16(29)26(3)23-8-12/h4-8,10H,9H2,1-3H3,(H,24,28). The van der Waals surface area contributed by atoms with Crippen LogP contribution in [-0.2, 0) is 24.6 Å². The highest BCUT2D eigenvalue weighted by Crippen LogP contribution is 2.32. The predicted octanol–water partition coefficient (Wildman–Crippen LogP) is 2.27. The van der Waals surface area contributed by atoms with Gasteiger partial charge in [-0.2, -0.15) is 23.4 Å². The lowest BCUT2D eigenvalue weighted by Crippen LogP contribution is -2.31. The number of aromatic nitrogens is 4. The normalized spacial score (nSPS) is 11.8. The van der Waals surface area contributed by atoms with Gasteiger partial charge >= 0.3 is 6.18 Å². The summed E-state index contributed by atoms with van der Waals surface area (Å²) in [5, 5.41) is 10.5. The molecule has 0 fully saturated rings. The van der Waals surface area contributed by atoms with Crippen LogP contribution in [0.15, 0.2) is 40.1 Å². The average Bonchev–Trinajstić information content (AvgIpc) is 2.65. The first kappa shape index (κ1) is 21.2. The molecule has 8 nitrogen and oxygen atoms in total. The lowest BCUT2D eigenvalue weighted by Gasteiger charge is -2.15. The van der Waals surface area contributed by atoms with E-state index in [0.29, 0.717) is 0 Å². The van der Waals surface area contributed by atoms with E-state index in [1.807, 2.05) is 0 Å². The van der Waals surface area contributed by atoms with E-state index in [1.54, 1.807) is 13.8 Å². The Kier molecular flexibility index (Phi) is 5.47. The van der Waals surface area contributed by atoms with Crippen LogP contribution in [0.2, 0.25) is 0 Å². The number of amides is 1. The highest BCUT2D eigenvalue weighted by atomic mass is 19.4. The third-order valence-electron chi connectivity index (χ3n) is 4.41.